The third-order valence-corrected chi connectivity index (χ3v) is 8.40. The highest BCUT2D eigenvalue weighted by atomic mass is 19.1. The van der Waals surface area contributed by atoms with Crippen LogP contribution in [0.3, 0.4) is 0 Å². The minimum Gasteiger partial charge on any atom is -0.367 e. The van der Waals surface area contributed by atoms with Crippen molar-refractivity contribution in [3.05, 3.63) is 102 Å². The van der Waals surface area contributed by atoms with E-state index in [0.717, 1.165) is 48.2 Å². The van der Waals surface area contributed by atoms with Crippen molar-refractivity contribution in [3.63, 3.8) is 0 Å². The van der Waals surface area contributed by atoms with Gasteiger partial charge in [-0.25, -0.2) is 4.39 Å². The maximum atomic E-state index is 14.2. The molecule has 2 aliphatic heterocycles. The van der Waals surface area contributed by atoms with Crippen molar-refractivity contribution in [2.75, 3.05) is 51.2 Å². The minimum atomic E-state index is -0.539. The summed E-state index contributed by atoms with van der Waals surface area (Å²) in [5, 5.41) is 4.22. The summed E-state index contributed by atoms with van der Waals surface area (Å²) in [7, 11) is 3.78. The number of hydrogen-bond acceptors (Lipinski definition) is 4. The van der Waals surface area contributed by atoms with Crippen molar-refractivity contribution in [1.29, 1.82) is 0 Å². The molecule has 1 fully saturated rings. The van der Waals surface area contributed by atoms with Crippen molar-refractivity contribution >= 4 is 28.4 Å². The van der Waals surface area contributed by atoms with Crippen molar-refractivity contribution in [2.45, 2.75) is 12.0 Å². The van der Waals surface area contributed by atoms with Crippen LogP contribution in [0.4, 0.5) is 10.1 Å². The van der Waals surface area contributed by atoms with Crippen LogP contribution in [0.25, 0.3) is 10.9 Å². The molecule has 1 aromatic heterocycles. The van der Waals surface area contributed by atoms with Crippen molar-refractivity contribution in [2.24, 2.45) is 7.05 Å². The molecule has 1 saturated heterocycles. The molecule has 2 atom stereocenters. The first-order chi connectivity index (χ1) is 19.4. The van der Waals surface area contributed by atoms with E-state index in [1.807, 2.05) is 61.8 Å². The lowest BCUT2D eigenvalue weighted by Gasteiger charge is -2.40. The predicted molar refractivity (Wildman–Crippen MR) is 155 cm³/mol. The molecule has 0 bridgehead atoms. The molecule has 3 aromatic carbocycles. The minimum absolute atomic E-state index is 0.0784. The van der Waals surface area contributed by atoms with Gasteiger partial charge in [0.05, 0.1) is 17.6 Å². The number of fused-ring (bicyclic) bond motifs is 2. The van der Waals surface area contributed by atoms with Gasteiger partial charge in [-0.3, -0.25) is 14.5 Å². The Hall–Kier alpha value is -4.17. The van der Waals surface area contributed by atoms with Crippen LogP contribution in [0.2, 0.25) is 0 Å². The number of benzene rings is 3. The van der Waals surface area contributed by atoms with Crippen LogP contribution in [-0.2, 0) is 11.8 Å². The number of carbonyl (C=O) groups is 2. The highest BCUT2D eigenvalue weighted by molar-refractivity contribution is 6.02. The summed E-state index contributed by atoms with van der Waals surface area (Å²) < 4.78 is 16.3. The molecule has 0 saturated carbocycles. The largest absolute Gasteiger partial charge is 0.367 e. The van der Waals surface area contributed by atoms with Crippen LogP contribution in [0.15, 0.2) is 79.0 Å². The lowest BCUT2D eigenvalue weighted by Crippen LogP contribution is -2.50. The number of hydrogen-bond donors (Lipinski definition) is 1. The van der Waals surface area contributed by atoms with Crippen molar-refractivity contribution in [1.82, 2.24) is 19.7 Å². The molecule has 206 valence electrons. The van der Waals surface area contributed by atoms with E-state index < -0.39 is 12.0 Å². The van der Waals surface area contributed by atoms with E-state index in [1.54, 1.807) is 18.0 Å². The molecule has 0 spiro atoms. The maximum absolute atomic E-state index is 14.2. The van der Waals surface area contributed by atoms with E-state index in [9.17, 15) is 14.0 Å². The Morgan fingerprint density at radius 1 is 0.900 bits per heavy atom. The molecule has 4 aromatic rings. The number of halogens is 1. The first-order valence-electron chi connectivity index (χ1n) is 13.8. The van der Waals surface area contributed by atoms with Crippen LogP contribution in [0.5, 0.6) is 0 Å². The number of rotatable bonds is 6. The van der Waals surface area contributed by atoms with Crippen molar-refractivity contribution < 1.29 is 14.0 Å². The lowest BCUT2D eigenvalue weighted by molar-refractivity contribution is -0.124. The van der Waals surface area contributed by atoms with Gasteiger partial charge < -0.3 is 19.7 Å². The quantitative estimate of drug-likeness (QED) is 0.400. The number of aromatic nitrogens is 1. The topological polar surface area (TPSA) is 60.8 Å². The molecule has 8 heteroatoms. The van der Waals surface area contributed by atoms with Gasteiger partial charge in [-0.1, -0.05) is 48.5 Å². The van der Waals surface area contributed by atoms with Crippen LogP contribution in [0, 0.1) is 5.82 Å². The molecule has 7 nitrogen and oxygen atoms in total. The van der Waals surface area contributed by atoms with Gasteiger partial charge >= 0.3 is 0 Å². The zero-order valence-electron chi connectivity index (χ0n) is 22.9. The third-order valence-electron chi connectivity index (χ3n) is 8.40. The van der Waals surface area contributed by atoms with E-state index in [4.69, 9.17) is 0 Å². The maximum Gasteiger partial charge on any atom is 0.254 e. The molecule has 0 aliphatic carbocycles. The predicted octanol–water partition coefficient (Wildman–Crippen LogP) is 4.17. The summed E-state index contributed by atoms with van der Waals surface area (Å²) >= 11 is 0. The first-order valence-corrected chi connectivity index (χ1v) is 13.8. The zero-order valence-corrected chi connectivity index (χ0v) is 22.9. The summed E-state index contributed by atoms with van der Waals surface area (Å²) in [5.41, 5.74) is 4.01. The Balaban J connectivity index is 1.19. The average molecular weight is 540 g/mol. The number of anilines is 1. The molecule has 2 aliphatic rings. The standard InChI is InChI=1S/C32H34FN5O2/c1-35-21-25(22-9-5-7-13-27(22)35)30-29(23-10-3-4-11-24(23)32(40)36(30)2)31(39)34-15-16-37-17-19-38(20-18-37)28-14-8-6-12-26(28)33/h3-14,21,29-30H,15-20H2,1-2H3,(H,34,39). The SMILES string of the molecule is CN1C(=O)c2ccccc2C(C(=O)NCCN2CCN(c3ccccc3F)CC2)C1c1cn(C)c2ccccc12. The van der Waals surface area contributed by atoms with Gasteiger partial charge in [-0.2, -0.15) is 0 Å². The Bertz CT molecular complexity index is 1560. The summed E-state index contributed by atoms with van der Waals surface area (Å²) in [6.45, 7) is 4.27. The number of para-hydroxylation sites is 2. The second-order valence-electron chi connectivity index (χ2n) is 10.7. The normalized spacial score (nSPS) is 19.6. The van der Waals surface area contributed by atoms with Gasteiger partial charge in [0.1, 0.15) is 5.82 Å². The smallest absolute Gasteiger partial charge is 0.254 e. The number of amides is 2. The summed E-state index contributed by atoms with van der Waals surface area (Å²) in [6, 6.07) is 22.0. The molecular formula is C32H34FN5O2. The van der Waals surface area contributed by atoms with Gasteiger partial charge in [-0.05, 0) is 29.8 Å². The number of carbonyl (C=O) groups excluding carboxylic acids is 2. The molecule has 3 heterocycles. The van der Waals surface area contributed by atoms with E-state index >= 15 is 0 Å². The number of likely N-dealkylation sites (N-methyl/N-ethyl adjacent to an activating group) is 1. The molecule has 1 N–H and O–H groups in total. The average Bonchev–Trinajstić information content (AvgIpc) is 3.31. The van der Waals surface area contributed by atoms with Crippen molar-refractivity contribution in [3.8, 4) is 0 Å². The zero-order chi connectivity index (χ0) is 27.8. The van der Waals surface area contributed by atoms with Gasteiger partial charge in [-0.15, -0.1) is 0 Å². The molecule has 40 heavy (non-hydrogen) atoms. The number of nitrogens with zero attached hydrogens (tertiary/aromatic N) is 4. The fourth-order valence-electron chi connectivity index (χ4n) is 6.32. The Labute approximate surface area is 233 Å². The Morgan fingerprint density at radius 2 is 1.60 bits per heavy atom. The number of piperazine rings is 1. The van der Waals surface area contributed by atoms with E-state index in [1.165, 1.54) is 6.07 Å². The van der Waals surface area contributed by atoms with Gasteiger partial charge in [0, 0.05) is 81.6 Å². The van der Waals surface area contributed by atoms with Crippen LogP contribution < -0.4 is 10.2 Å². The Morgan fingerprint density at radius 3 is 2.40 bits per heavy atom. The second-order valence-corrected chi connectivity index (χ2v) is 10.7. The second kappa shape index (κ2) is 10.8. The first kappa shape index (κ1) is 26.1. The van der Waals surface area contributed by atoms with E-state index in [-0.39, 0.29) is 17.6 Å². The Kier molecular flexibility index (Phi) is 7.02. The third kappa shape index (κ3) is 4.62. The summed E-state index contributed by atoms with van der Waals surface area (Å²) in [6.07, 6.45) is 2.04. The highest BCUT2D eigenvalue weighted by Crippen LogP contribution is 2.44. The molecule has 2 amide bonds. The molecular weight excluding hydrogens is 505 g/mol. The highest BCUT2D eigenvalue weighted by Gasteiger charge is 2.43. The molecule has 0 radical (unpaired) electrons. The van der Waals surface area contributed by atoms with Crippen LogP contribution in [0.1, 0.15) is 33.4 Å². The fraction of sp³-hybridized carbons (Fsp3) is 0.312. The van der Waals surface area contributed by atoms with Gasteiger partial charge in [0.2, 0.25) is 5.91 Å². The lowest BCUT2D eigenvalue weighted by atomic mass is 9.79. The number of nitrogens with one attached hydrogen (secondary N) is 1. The van der Waals surface area contributed by atoms with Gasteiger partial charge in [0.15, 0.2) is 0 Å². The van der Waals surface area contributed by atoms with Gasteiger partial charge in [0.25, 0.3) is 5.91 Å². The number of aryl methyl sites for hydroxylation is 1. The molecule has 2 unspecified atom stereocenters. The summed E-state index contributed by atoms with van der Waals surface area (Å²) in [4.78, 5) is 33.5. The van der Waals surface area contributed by atoms with E-state index in [2.05, 4.69) is 31.8 Å². The van der Waals surface area contributed by atoms with Crippen LogP contribution >= 0.6 is 0 Å². The van der Waals surface area contributed by atoms with E-state index in [0.29, 0.717) is 24.3 Å². The fourth-order valence-corrected chi connectivity index (χ4v) is 6.32. The summed E-state index contributed by atoms with van der Waals surface area (Å²) in [5.74, 6) is -0.900. The monoisotopic (exact) mass is 539 g/mol. The van der Waals surface area contributed by atoms with Crippen LogP contribution in [-0.4, -0.2) is 72.5 Å². The molecule has 6 rings (SSSR count).